The smallest absolute Gasteiger partial charge is 0.327 e. The lowest BCUT2D eigenvalue weighted by molar-refractivity contribution is -0.137. The number of rotatable bonds is 2. The third-order valence-corrected chi connectivity index (χ3v) is 5.04. The Balaban J connectivity index is 2.53. The highest BCUT2D eigenvalue weighted by atomic mass is 32.2. The Hall–Kier alpha value is -1.21. The van der Waals surface area contributed by atoms with Gasteiger partial charge in [-0.3, -0.25) is 0 Å². The fraction of sp³-hybridized carbons (Fsp3) is 0.300. The molecule has 1 heterocycles. The molecule has 0 aromatic heterocycles. The summed E-state index contributed by atoms with van der Waals surface area (Å²) in [6, 6.07) is 3.86. The van der Waals surface area contributed by atoms with Gasteiger partial charge in [-0.25, -0.2) is 13.2 Å². The highest BCUT2D eigenvalue weighted by molar-refractivity contribution is 7.98. The molecular formula is C10H11NO4S2. The second kappa shape index (κ2) is 4.23. The van der Waals surface area contributed by atoms with E-state index in [9.17, 15) is 13.2 Å². The highest BCUT2D eigenvalue weighted by Gasteiger charge is 2.33. The summed E-state index contributed by atoms with van der Waals surface area (Å²) >= 11 is 1.44. The van der Waals surface area contributed by atoms with Crippen LogP contribution in [-0.2, 0) is 14.6 Å². The van der Waals surface area contributed by atoms with Crippen LogP contribution in [-0.4, -0.2) is 37.5 Å². The van der Waals surface area contributed by atoms with Gasteiger partial charge in [0.25, 0.3) is 0 Å². The lowest BCUT2D eigenvalue weighted by Crippen LogP contribution is -2.40. The maximum Gasteiger partial charge on any atom is 0.327 e. The summed E-state index contributed by atoms with van der Waals surface area (Å²) in [6.45, 7) is 0. The predicted molar refractivity (Wildman–Crippen MR) is 65.3 cm³/mol. The molecule has 2 rings (SSSR count). The fourth-order valence-electron chi connectivity index (χ4n) is 1.68. The summed E-state index contributed by atoms with van der Waals surface area (Å²) in [5.41, 5.74) is 0.362. The Morgan fingerprint density at radius 1 is 1.53 bits per heavy atom. The summed E-state index contributed by atoms with van der Waals surface area (Å²) < 4.78 is 23.9. The Bertz CT molecular complexity index is 568. The molecule has 0 saturated heterocycles. The normalized spacial score (nSPS) is 21.4. The van der Waals surface area contributed by atoms with Crippen molar-refractivity contribution in [3.8, 4) is 0 Å². The van der Waals surface area contributed by atoms with Crippen molar-refractivity contribution in [2.75, 3.05) is 17.3 Å². The van der Waals surface area contributed by atoms with Crippen LogP contribution in [0.25, 0.3) is 0 Å². The van der Waals surface area contributed by atoms with Gasteiger partial charge in [0, 0.05) is 4.90 Å². The van der Waals surface area contributed by atoms with Gasteiger partial charge in [-0.2, -0.15) is 0 Å². The number of nitrogens with one attached hydrogen (secondary N) is 1. The van der Waals surface area contributed by atoms with Crippen LogP contribution in [0.4, 0.5) is 5.69 Å². The molecule has 0 fully saturated rings. The molecular weight excluding hydrogens is 262 g/mol. The van der Waals surface area contributed by atoms with Crippen LogP contribution in [0.2, 0.25) is 0 Å². The van der Waals surface area contributed by atoms with Crippen molar-refractivity contribution in [2.45, 2.75) is 15.8 Å². The maximum atomic E-state index is 11.9. The molecule has 92 valence electrons. The molecule has 5 nitrogen and oxygen atoms in total. The van der Waals surface area contributed by atoms with Crippen LogP contribution >= 0.6 is 11.8 Å². The molecule has 1 aliphatic heterocycles. The summed E-state index contributed by atoms with van der Waals surface area (Å²) in [7, 11) is -3.53. The molecule has 17 heavy (non-hydrogen) atoms. The first kappa shape index (κ1) is 12.3. The quantitative estimate of drug-likeness (QED) is 0.784. The number of carbonyl (C=O) groups is 1. The second-order valence-electron chi connectivity index (χ2n) is 3.68. The third-order valence-electron chi connectivity index (χ3n) is 2.54. The zero-order valence-electron chi connectivity index (χ0n) is 9.00. The average Bonchev–Trinajstić information content (AvgIpc) is 2.27. The molecule has 0 radical (unpaired) electrons. The number of fused-ring (bicyclic) bond motifs is 1. The lowest BCUT2D eigenvalue weighted by Gasteiger charge is -2.24. The monoisotopic (exact) mass is 273 g/mol. The van der Waals surface area contributed by atoms with E-state index in [1.54, 1.807) is 18.2 Å². The number of hydrogen-bond acceptors (Lipinski definition) is 5. The van der Waals surface area contributed by atoms with Crippen molar-refractivity contribution in [2.24, 2.45) is 0 Å². The largest absolute Gasteiger partial charge is 0.480 e. The number of hydrogen-bond donors (Lipinski definition) is 2. The van der Waals surface area contributed by atoms with Crippen molar-refractivity contribution in [1.29, 1.82) is 0 Å². The fourth-order valence-corrected chi connectivity index (χ4v) is 3.81. The number of carboxylic acid groups (broad SMARTS) is 1. The zero-order chi connectivity index (χ0) is 12.6. The summed E-state index contributed by atoms with van der Waals surface area (Å²) in [5, 5.41) is 11.6. The molecule has 7 heteroatoms. The van der Waals surface area contributed by atoms with E-state index in [0.29, 0.717) is 5.69 Å². The van der Waals surface area contributed by atoms with E-state index in [4.69, 9.17) is 5.11 Å². The van der Waals surface area contributed by atoms with Gasteiger partial charge in [0.15, 0.2) is 9.84 Å². The van der Waals surface area contributed by atoms with Gasteiger partial charge in [0.1, 0.15) is 6.04 Å². The van der Waals surface area contributed by atoms with Crippen molar-refractivity contribution in [3.63, 3.8) is 0 Å². The minimum atomic E-state index is -3.53. The second-order valence-corrected chi connectivity index (χ2v) is 6.56. The van der Waals surface area contributed by atoms with Gasteiger partial charge in [0.2, 0.25) is 0 Å². The van der Waals surface area contributed by atoms with E-state index in [-0.39, 0.29) is 4.90 Å². The van der Waals surface area contributed by atoms with Gasteiger partial charge < -0.3 is 10.4 Å². The summed E-state index contributed by atoms with van der Waals surface area (Å²) in [4.78, 5) is 11.9. The predicted octanol–water partition coefficient (Wildman–Crippen LogP) is 1.06. The first-order chi connectivity index (χ1) is 7.94. The van der Waals surface area contributed by atoms with Crippen LogP contribution in [0.1, 0.15) is 0 Å². The molecule has 1 unspecified atom stereocenters. The van der Waals surface area contributed by atoms with E-state index >= 15 is 0 Å². The number of thioether (sulfide) groups is 1. The Labute approximate surface area is 103 Å². The Morgan fingerprint density at radius 3 is 2.82 bits per heavy atom. The van der Waals surface area contributed by atoms with E-state index in [1.807, 2.05) is 6.26 Å². The lowest BCUT2D eigenvalue weighted by atomic mass is 10.2. The van der Waals surface area contributed by atoms with Crippen LogP contribution in [0, 0.1) is 0 Å². The number of sulfone groups is 1. The molecule has 1 atom stereocenters. The first-order valence-electron chi connectivity index (χ1n) is 4.84. The Kier molecular flexibility index (Phi) is 3.05. The molecule has 0 saturated carbocycles. The summed E-state index contributed by atoms with van der Waals surface area (Å²) in [5.74, 6) is -1.57. The molecule has 0 aliphatic carbocycles. The SMILES string of the molecule is CSc1ccc2c(c1)S(=O)(=O)CC(C(=O)O)N2. The number of aliphatic carboxylic acids is 1. The molecule has 0 amide bonds. The average molecular weight is 273 g/mol. The number of carboxylic acids is 1. The maximum absolute atomic E-state index is 11.9. The summed E-state index contributed by atoms with van der Waals surface area (Å²) in [6.07, 6.45) is 1.85. The third kappa shape index (κ3) is 2.25. The van der Waals surface area contributed by atoms with Crippen LogP contribution in [0.5, 0.6) is 0 Å². The molecule has 2 N–H and O–H groups in total. The van der Waals surface area contributed by atoms with Gasteiger partial charge in [-0.05, 0) is 24.5 Å². The van der Waals surface area contributed by atoms with Gasteiger partial charge in [-0.15, -0.1) is 11.8 Å². The van der Waals surface area contributed by atoms with E-state index in [2.05, 4.69) is 5.32 Å². The van der Waals surface area contributed by atoms with Crippen molar-refractivity contribution >= 4 is 33.3 Å². The van der Waals surface area contributed by atoms with Crippen molar-refractivity contribution in [3.05, 3.63) is 18.2 Å². The van der Waals surface area contributed by atoms with Crippen LogP contribution in [0.3, 0.4) is 0 Å². The molecule has 0 spiro atoms. The van der Waals surface area contributed by atoms with E-state index in [1.165, 1.54) is 11.8 Å². The number of benzene rings is 1. The molecule has 1 aromatic carbocycles. The molecule has 0 bridgehead atoms. The number of anilines is 1. The standard InChI is InChI=1S/C10H11NO4S2/c1-16-6-2-3-7-9(4-6)17(14,15)5-8(11-7)10(12)13/h2-4,8,11H,5H2,1H3,(H,12,13). The first-order valence-corrected chi connectivity index (χ1v) is 7.72. The highest BCUT2D eigenvalue weighted by Crippen LogP contribution is 2.31. The molecule has 1 aromatic rings. The Morgan fingerprint density at radius 2 is 2.24 bits per heavy atom. The van der Waals surface area contributed by atoms with Gasteiger partial charge >= 0.3 is 5.97 Å². The topological polar surface area (TPSA) is 83.5 Å². The molecule has 1 aliphatic rings. The van der Waals surface area contributed by atoms with Gasteiger partial charge in [0.05, 0.1) is 16.3 Å². The van der Waals surface area contributed by atoms with Crippen molar-refractivity contribution < 1.29 is 18.3 Å². The minimum Gasteiger partial charge on any atom is -0.480 e. The van der Waals surface area contributed by atoms with Crippen molar-refractivity contribution in [1.82, 2.24) is 0 Å². The van der Waals surface area contributed by atoms with E-state index < -0.39 is 27.6 Å². The zero-order valence-corrected chi connectivity index (χ0v) is 10.6. The van der Waals surface area contributed by atoms with E-state index in [0.717, 1.165) is 4.90 Å². The van der Waals surface area contributed by atoms with Gasteiger partial charge in [-0.1, -0.05) is 0 Å². The minimum absolute atomic E-state index is 0.182. The van der Waals surface area contributed by atoms with Crippen LogP contribution in [0.15, 0.2) is 28.0 Å². The van der Waals surface area contributed by atoms with Crippen LogP contribution < -0.4 is 5.32 Å².